The van der Waals surface area contributed by atoms with E-state index in [0.29, 0.717) is 0 Å². The molecule has 4 aromatic rings. The number of hydrogen-bond donors (Lipinski definition) is 0. The van der Waals surface area contributed by atoms with E-state index < -0.39 is 0 Å². The molecule has 0 saturated carbocycles. The molecule has 248 valence electrons. The average Bonchev–Trinajstić information content (AvgIpc) is 3.43. The summed E-state index contributed by atoms with van der Waals surface area (Å²) >= 11 is 0. The van der Waals surface area contributed by atoms with Crippen LogP contribution in [-0.2, 0) is 10.8 Å². The van der Waals surface area contributed by atoms with Crippen molar-refractivity contribution in [3.8, 4) is 11.5 Å². The summed E-state index contributed by atoms with van der Waals surface area (Å²) < 4.78 is 12.0. The van der Waals surface area contributed by atoms with Gasteiger partial charge in [0.25, 0.3) is 0 Å². The Morgan fingerprint density at radius 3 is 1.17 bits per heavy atom. The smallest absolute Gasteiger partial charge is 0.210 e. The molecular formula is C43H54N2O2. The van der Waals surface area contributed by atoms with E-state index in [2.05, 4.69) is 171 Å². The summed E-state index contributed by atoms with van der Waals surface area (Å²) in [6.07, 6.45) is 0. The lowest BCUT2D eigenvalue weighted by molar-refractivity contribution is 0.396. The standard InChI is InChI=1S/C43H54N2O2/c1-28(2)32-23-38(46-11)34(42(5,6)7)25-36(32)44-27-45(37-26-35(43(8,9)10)39(47-12)24-33(37)29(3)4)41(31-21-17-14-18-22-31)40(44)30-19-15-13-16-20-30/h13-26,28-29,40-41H,1-12H3/t40-,41-/m1/s1. The van der Waals surface area contributed by atoms with Gasteiger partial charge in [-0.25, -0.2) is 0 Å². The van der Waals surface area contributed by atoms with Crippen LogP contribution in [0.2, 0.25) is 0 Å². The van der Waals surface area contributed by atoms with Crippen LogP contribution in [0, 0.1) is 6.67 Å². The maximum Gasteiger partial charge on any atom is 0.210 e. The Bertz CT molecular complexity index is 1540. The lowest BCUT2D eigenvalue weighted by atomic mass is 9.83. The highest BCUT2D eigenvalue weighted by Crippen LogP contribution is 2.54. The van der Waals surface area contributed by atoms with Crippen LogP contribution in [0.15, 0.2) is 84.9 Å². The molecule has 0 aromatic heterocycles. The van der Waals surface area contributed by atoms with Crippen molar-refractivity contribution in [2.24, 2.45) is 0 Å². The molecule has 1 fully saturated rings. The van der Waals surface area contributed by atoms with Crippen molar-refractivity contribution in [1.29, 1.82) is 0 Å². The first-order valence-corrected chi connectivity index (χ1v) is 17.1. The van der Waals surface area contributed by atoms with E-state index in [4.69, 9.17) is 9.47 Å². The zero-order valence-electron chi connectivity index (χ0n) is 30.6. The highest BCUT2D eigenvalue weighted by Gasteiger charge is 2.46. The van der Waals surface area contributed by atoms with Crippen molar-refractivity contribution in [3.05, 3.63) is 125 Å². The minimum absolute atomic E-state index is 0.0440. The summed E-state index contributed by atoms with van der Waals surface area (Å²) in [7, 11) is 3.57. The Labute approximate surface area is 284 Å². The Hall–Kier alpha value is -3.92. The lowest BCUT2D eigenvalue weighted by Crippen LogP contribution is -2.25. The molecule has 47 heavy (non-hydrogen) atoms. The molecule has 2 atom stereocenters. The van der Waals surface area contributed by atoms with Gasteiger partial charge < -0.3 is 19.3 Å². The van der Waals surface area contributed by atoms with E-state index >= 15 is 0 Å². The molecular weight excluding hydrogens is 576 g/mol. The number of nitrogens with zero attached hydrogens (tertiary/aromatic N) is 2. The zero-order chi connectivity index (χ0) is 34.3. The molecule has 5 rings (SSSR count). The molecule has 0 unspecified atom stereocenters. The van der Waals surface area contributed by atoms with Crippen molar-refractivity contribution < 1.29 is 9.47 Å². The average molecular weight is 631 g/mol. The number of ether oxygens (including phenoxy) is 2. The third-order valence-corrected chi connectivity index (χ3v) is 9.43. The largest absolute Gasteiger partial charge is 0.496 e. The van der Waals surface area contributed by atoms with Crippen LogP contribution in [0.4, 0.5) is 11.4 Å². The first-order chi connectivity index (χ1) is 22.2. The summed E-state index contributed by atoms with van der Waals surface area (Å²) in [5, 5.41) is 0. The van der Waals surface area contributed by atoms with Crippen molar-refractivity contribution in [2.45, 2.75) is 104 Å². The number of benzene rings is 4. The fourth-order valence-electron chi connectivity index (χ4n) is 6.91. The lowest BCUT2D eigenvalue weighted by Gasteiger charge is -2.34. The molecule has 0 N–H and O–H groups in total. The van der Waals surface area contributed by atoms with Gasteiger partial charge in [0.15, 0.2) is 0 Å². The molecule has 0 amide bonds. The van der Waals surface area contributed by atoms with Crippen LogP contribution in [0.3, 0.4) is 0 Å². The first-order valence-electron chi connectivity index (χ1n) is 17.1. The minimum atomic E-state index is -0.113. The van der Waals surface area contributed by atoms with Crippen LogP contribution in [0.1, 0.15) is 127 Å². The number of anilines is 2. The van der Waals surface area contributed by atoms with Crippen LogP contribution in [0.25, 0.3) is 0 Å². The third-order valence-electron chi connectivity index (χ3n) is 9.43. The number of rotatable bonds is 8. The second-order valence-electron chi connectivity index (χ2n) is 15.6. The summed E-state index contributed by atoms with van der Waals surface area (Å²) in [4.78, 5) is 4.84. The van der Waals surface area contributed by atoms with E-state index in [1.165, 1.54) is 44.8 Å². The quantitative estimate of drug-likeness (QED) is 0.193. The van der Waals surface area contributed by atoms with E-state index in [1.807, 2.05) is 0 Å². The second kappa shape index (κ2) is 13.3. The normalized spacial score (nSPS) is 17.1. The molecule has 1 aliphatic rings. The monoisotopic (exact) mass is 630 g/mol. The third kappa shape index (κ3) is 6.75. The van der Waals surface area contributed by atoms with Gasteiger partial charge in [0.1, 0.15) is 11.5 Å². The highest BCUT2D eigenvalue weighted by molar-refractivity contribution is 5.72. The highest BCUT2D eigenvalue weighted by atomic mass is 16.5. The summed E-state index contributed by atoms with van der Waals surface area (Å²) in [5.74, 6) is 2.41. The maximum absolute atomic E-state index is 6.02. The van der Waals surface area contributed by atoms with Gasteiger partial charge >= 0.3 is 0 Å². The van der Waals surface area contributed by atoms with E-state index in [0.717, 1.165) is 11.5 Å². The summed E-state index contributed by atoms with van der Waals surface area (Å²) in [6, 6.07) is 31.0. The van der Waals surface area contributed by atoms with Gasteiger partial charge in [-0.3, -0.25) is 0 Å². The molecule has 0 aliphatic carbocycles. The molecule has 0 spiro atoms. The Balaban J connectivity index is 1.86. The molecule has 1 saturated heterocycles. The van der Waals surface area contributed by atoms with Crippen LogP contribution >= 0.6 is 0 Å². The minimum Gasteiger partial charge on any atom is -0.496 e. The van der Waals surface area contributed by atoms with E-state index in [1.54, 1.807) is 14.2 Å². The molecule has 4 heteroatoms. The van der Waals surface area contributed by atoms with Crippen LogP contribution in [-0.4, -0.2) is 14.2 Å². The Morgan fingerprint density at radius 1 is 0.553 bits per heavy atom. The van der Waals surface area contributed by atoms with Gasteiger partial charge in [0.2, 0.25) is 6.67 Å². The number of hydrogen-bond acceptors (Lipinski definition) is 4. The predicted octanol–water partition coefficient (Wildman–Crippen LogP) is 11.4. The summed E-state index contributed by atoms with van der Waals surface area (Å²) in [6.45, 7) is 26.7. The van der Waals surface area contributed by atoms with Crippen molar-refractivity contribution >= 4 is 11.4 Å². The summed E-state index contributed by atoms with van der Waals surface area (Å²) in [5.41, 5.74) is 9.45. The van der Waals surface area contributed by atoms with Gasteiger partial charge in [0.05, 0.1) is 26.3 Å². The first kappa shape index (κ1) is 34.4. The molecule has 2 radical (unpaired) electrons. The van der Waals surface area contributed by atoms with Gasteiger partial charge in [-0.15, -0.1) is 0 Å². The van der Waals surface area contributed by atoms with Crippen molar-refractivity contribution in [2.75, 3.05) is 24.0 Å². The van der Waals surface area contributed by atoms with Gasteiger partial charge in [0, 0.05) is 22.5 Å². The fourth-order valence-corrected chi connectivity index (χ4v) is 6.91. The SMILES string of the molecule is COc1cc(C(C)C)c(N2[C]N(c3cc(C(C)(C)C)c(OC)cc3C(C)C)[C@H](c3ccccc3)[C@H]2c2ccccc2)cc1C(C)(C)C. The number of methoxy groups -OCH3 is 2. The van der Waals surface area contributed by atoms with Gasteiger partial charge in [-0.05, 0) is 69.2 Å². The predicted molar refractivity (Wildman–Crippen MR) is 198 cm³/mol. The second-order valence-corrected chi connectivity index (χ2v) is 15.6. The fraction of sp³-hybridized carbons (Fsp3) is 0.419. The molecule has 0 bridgehead atoms. The van der Waals surface area contributed by atoms with Gasteiger partial charge in [-0.1, -0.05) is 130 Å². The Morgan fingerprint density at radius 2 is 0.894 bits per heavy atom. The van der Waals surface area contributed by atoms with Crippen LogP contribution in [0.5, 0.6) is 11.5 Å². The van der Waals surface area contributed by atoms with Crippen molar-refractivity contribution in [3.63, 3.8) is 0 Å². The topological polar surface area (TPSA) is 24.9 Å². The van der Waals surface area contributed by atoms with Crippen molar-refractivity contribution in [1.82, 2.24) is 0 Å². The van der Waals surface area contributed by atoms with Crippen LogP contribution < -0.4 is 19.3 Å². The Kier molecular flexibility index (Phi) is 9.74. The zero-order valence-corrected chi connectivity index (χ0v) is 30.6. The molecule has 4 nitrogen and oxygen atoms in total. The van der Waals surface area contributed by atoms with E-state index in [-0.39, 0.29) is 34.7 Å². The molecule has 4 aromatic carbocycles. The maximum atomic E-state index is 6.02. The van der Waals surface area contributed by atoms with E-state index in [9.17, 15) is 0 Å². The van der Waals surface area contributed by atoms with Gasteiger partial charge in [-0.2, -0.15) is 0 Å². The molecule has 1 aliphatic heterocycles. The molecule has 1 heterocycles.